The second kappa shape index (κ2) is 11.0. The van der Waals surface area contributed by atoms with Gasteiger partial charge in [0, 0.05) is 20.7 Å². The molecule has 4 heterocycles. The quantitative estimate of drug-likeness (QED) is 0.285. The van der Waals surface area contributed by atoms with Gasteiger partial charge >= 0.3 is 0 Å². The third kappa shape index (κ3) is 5.01. The average Bonchev–Trinajstić information content (AvgIpc) is 3.61. The van der Waals surface area contributed by atoms with E-state index in [1.54, 1.807) is 24.1 Å². The molecule has 1 aliphatic rings. The van der Waals surface area contributed by atoms with E-state index in [0.29, 0.717) is 18.0 Å². The van der Waals surface area contributed by atoms with Gasteiger partial charge in [0.15, 0.2) is 23.8 Å². The van der Waals surface area contributed by atoms with E-state index < -0.39 is 30.4 Å². The molecule has 0 unspecified atom stereocenters. The van der Waals surface area contributed by atoms with Gasteiger partial charge in [-0.05, 0) is 17.4 Å². The first kappa shape index (κ1) is 25.5. The van der Waals surface area contributed by atoms with E-state index in [9.17, 15) is 19.8 Å². The first-order valence-corrected chi connectivity index (χ1v) is 11.8. The van der Waals surface area contributed by atoms with E-state index in [1.807, 2.05) is 5.38 Å². The zero-order valence-electron chi connectivity index (χ0n) is 19.5. The Bertz CT molecular complexity index is 1300. The minimum Gasteiger partial charge on any atom is -0.387 e. The number of ether oxygens (including phenoxy) is 2. The summed E-state index contributed by atoms with van der Waals surface area (Å²) in [6.07, 6.45) is -3.97. The van der Waals surface area contributed by atoms with Gasteiger partial charge in [-0.1, -0.05) is 12.0 Å². The van der Waals surface area contributed by atoms with Crippen LogP contribution in [-0.2, 0) is 14.3 Å². The number of amides is 2. The van der Waals surface area contributed by atoms with Gasteiger partial charge in [0.05, 0.1) is 24.4 Å². The van der Waals surface area contributed by atoms with Crippen LogP contribution in [0.15, 0.2) is 23.8 Å². The summed E-state index contributed by atoms with van der Waals surface area (Å²) < 4.78 is 12.1. The van der Waals surface area contributed by atoms with E-state index in [-0.39, 0.29) is 35.3 Å². The van der Waals surface area contributed by atoms with Crippen molar-refractivity contribution in [3.05, 3.63) is 34.5 Å². The number of hydrogen-bond donors (Lipinski definition) is 4. The van der Waals surface area contributed by atoms with Gasteiger partial charge in [-0.15, -0.1) is 11.3 Å². The molecular weight excluding hydrogens is 490 g/mol. The highest BCUT2D eigenvalue weighted by atomic mass is 32.1. The molecule has 0 bridgehead atoms. The summed E-state index contributed by atoms with van der Waals surface area (Å²) in [4.78, 5) is 39.6. The van der Waals surface area contributed by atoms with Crippen LogP contribution in [0, 0.1) is 11.8 Å². The van der Waals surface area contributed by atoms with Gasteiger partial charge in [-0.3, -0.25) is 14.2 Å². The Labute approximate surface area is 209 Å². The normalized spacial score (nSPS) is 21.2. The number of nitrogens with zero attached hydrogens (tertiary/aromatic N) is 5. The Morgan fingerprint density at radius 3 is 2.86 bits per heavy atom. The van der Waals surface area contributed by atoms with Crippen molar-refractivity contribution in [1.82, 2.24) is 29.7 Å². The maximum atomic E-state index is 12.8. The molecule has 0 radical (unpaired) electrons. The summed E-state index contributed by atoms with van der Waals surface area (Å²) in [6, 6.07) is 3.54. The lowest BCUT2D eigenvalue weighted by atomic mass is 10.1. The number of likely N-dealkylation sites (N-methyl/N-ethyl adjacent to an activating group) is 1. The zero-order valence-corrected chi connectivity index (χ0v) is 20.3. The first-order valence-electron chi connectivity index (χ1n) is 10.9. The van der Waals surface area contributed by atoms with Crippen molar-refractivity contribution in [2.24, 2.45) is 0 Å². The van der Waals surface area contributed by atoms with Gasteiger partial charge < -0.3 is 35.6 Å². The number of fused-ring (bicyclic) bond motifs is 1. The van der Waals surface area contributed by atoms with Crippen LogP contribution in [-0.4, -0.2) is 98.6 Å². The monoisotopic (exact) mass is 515 g/mol. The lowest BCUT2D eigenvalue weighted by molar-refractivity contribution is -0.137. The highest BCUT2D eigenvalue weighted by Crippen LogP contribution is 2.32. The molecule has 0 aliphatic carbocycles. The molecule has 1 fully saturated rings. The Morgan fingerprint density at radius 2 is 2.17 bits per heavy atom. The molecule has 36 heavy (non-hydrogen) atoms. The van der Waals surface area contributed by atoms with Crippen LogP contribution in [0.4, 0.5) is 5.82 Å². The molecule has 1 saturated heterocycles. The molecular formula is C22H25N7O6S. The molecule has 0 spiro atoms. The highest BCUT2D eigenvalue weighted by molar-refractivity contribution is 7.12. The van der Waals surface area contributed by atoms with Crippen molar-refractivity contribution in [1.29, 1.82) is 0 Å². The number of aliphatic hydroxyl groups excluding tert-OH is 2. The number of thiophene rings is 1. The lowest BCUT2D eigenvalue weighted by Crippen LogP contribution is -2.41. The van der Waals surface area contributed by atoms with Crippen molar-refractivity contribution in [2.75, 3.05) is 39.6 Å². The Balaban J connectivity index is 1.59. The molecule has 3 aromatic heterocycles. The standard InChI is InChI=1S/C22H25N7O6S/c1-24-20(32)17-15(30)16(31)22(35-17)29-11-25-14-18(23)26-13(27-19(14)29)6-3-7-28(8-9-34-2)21(33)12-5-4-10-36-12/h4-5,10-11,15-17,22,30-31H,7-9H2,1-2H3,(H,24,32)(H2,23,26,27)/t15-,16+,17-,22+/m0/s1. The number of carbonyl (C=O) groups excluding carboxylic acids is 2. The van der Waals surface area contributed by atoms with Crippen molar-refractivity contribution in [3.8, 4) is 11.8 Å². The van der Waals surface area contributed by atoms with E-state index in [2.05, 4.69) is 32.1 Å². The van der Waals surface area contributed by atoms with Crippen LogP contribution in [0.25, 0.3) is 11.2 Å². The summed E-state index contributed by atoms with van der Waals surface area (Å²) in [5.74, 6) is 5.06. The number of aromatic nitrogens is 4. The molecule has 4 rings (SSSR count). The minimum absolute atomic E-state index is 0.0461. The van der Waals surface area contributed by atoms with E-state index >= 15 is 0 Å². The summed E-state index contributed by atoms with van der Waals surface area (Å²) in [5, 5.41) is 25.0. The number of carbonyl (C=O) groups is 2. The lowest BCUT2D eigenvalue weighted by Gasteiger charge is -2.18. The van der Waals surface area contributed by atoms with Crippen LogP contribution < -0.4 is 11.1 Å². The van der Waals surface area contributed by atoms with Crippen molar-refractivity contribution in [3.63, 3.8) is 0 Å². The summed E-state index contributed by atoms with van der Waals surface area (Å²) in [7, 11) is 2.95. The molecule has 1 aliphatic heterocycles. The number of nitrogen functional groups attached to an aromatic ring is 1. The summed E-state index contributed by atoms with van der Waals surface area (Å²) >= 11 is 1.34. The SMILES string of the molecule is CNC(=O)[C@H]1O[C@@H](n2cnc3c(N)nc(C#CCN(CCOC)C(=O)c4cccs4)nc32)[C@H](O)[C@@H]1O. The second-order valence-corrected chi connectivity index (χ2v) is 8.75. The predicted molar refractivity (Wildman–Crippen MR) is 129 cm³/mol. The third-order valence-electron chi connectivity index (χ3n) is 5.52. The fourth-order valence-corrected chi connectivity index (χ4v) is 4.34. The zero-order chi connectivity index (χ0) is 25.8. The number of anilines is 1. The molecule has 3 aromatic rings. The maximum absolute atomic E-state index is 12.8. The van der Waals surface area contributed by atoms with Crippen LogP contribution in [0.1, 0.15) is 21.7 Å². The molecule has 4 atom stereocenters. The molecule has 2 amide bonds. The Morgan fingerprint density at radius 1 is 1.36 bits per heavy atom. The number of aliphatic hydroxyl groups is 2. The van der Waals surface area contributed by atoms with Crippen LogP contribution in [0.3, 0.4) is 0 Å². The van der Waals surface area contributed by atoms with Crippen molar-refractivity contribution < 1.29 is 29.3 Å². The number of hydrogen-bond acceptors (Lipinski definition) is 11. The third-order valence-corrected chi connectivity index (χ3v) is 6.38. The van der Waals surface area contributed by atoms with Crippen molar-refractivity contribution in [2.45, 2.75) is 24.5 Å². The van der Waals surface area contributed by atoms with Crippen LogP contribution >= 0.6 is 11.3 Å². The largest absolute Gasteiger partial charge is 0.387 e. The summed E-state index contributed by atoms with van der Waals surface area (Å²) in [5.41, 5.74) is 6.49. The molecule has 0 aromatic carbocycles. The fraction of sp³-hybridized carbons (Fsp3) is 0.409. The average molecular weight is 516 g/mol. The Kier molecular flexibility index (Phi) is 7.77. The first-order chi connectivity index (χ1) is 17.3. The number of nitrogens with two attached hydrogens (primary N) is 1. The number of nitrogens with one attached hydrogen (secondary N) is 1. The number of methoxy groups -OCH3 is 1. The maximum Gasteiger partial charge on any atom is 0.264 e. The topological polar surface area (TPSA) is 178 Å². The molecule has 0 saturated carbocycles. The Hall–Kier alpha value is -3.61. The highest BCUT2D eigenvalue weighted by Gasteiger charge is 2.47. The van der Waals surface area contributed by atoms with Gasteiger partial charge in [-0.25, -0.2) is 15.0 Å². The minimum atomic E-state index is -1.45. The van der Waals surface area contributed by atoms with E-state index in [0.717, 1.165) is 0 Å². The van der Waals surface area contributed by atoms with Crippen LogP contribution in [0.2, 0.25) is 0 Å². The number of rotatable bonds is 7. The smallest absolute Gasteiger partial charge is 0.264 e. The van der Waals surface area contributed by atoms with Gasteiger partial charge in [0.2, 0.25) is 5.82 Å². The molecule has 190 valence electrons. The summed E-state index contributed by atoms with van der Waals surface area (Å²) in [6.45, 7) is 0.799. The van der Waals surface area contributed by atoms with Gasteiger partial charge in [-0.2, -0.15) is 0 Å². The van der Waals surface area contributed by atoms with E-state index in [4.69, 9.17) is 15.2 Å². The molecule has 5 N–H and O–H groups in total. The molecule has 14 heteroatoms. The van der Waals surface area contributed by atoms with Gasteiger partial charge in [0.25, 0.3) is 11.8 Å². The molecule has 13 nitrogen and oxygen atoms in total. The van der Waals surface area contributed by atoms with Gasteiger partial charge in [0.1, 0.15) is 17.7 Å². The van der Waals surface area contributed by atoms with E-state index in [1.165, 1.54) is 29.3 Å². The fourth-order valence-electron chi connectivity index (χ4n) is 3.65. The van der Waals surface area contributed by atoms with Crippen LogP contribution in [0.5, 0.6) is 0 Å². The van der Waals surface area contributed by atoms with Crippen molar-refractivity contribution >= 4 is 40.1 Å². The number of imidazole rings is 1. The second-order valence-electron chi connectivity index (χ2n) is 7.80. The predicted octanol–water partition coefficient (Wildman–Crippen LogP) is -1.02.